The van der Waals surface area contributed by atoms with Gasteiger partial charge in [-0.3, -0.25) is 0 Å². The van der Waals surface area contributed by atoms with Crippen LogP contribution in [-0.4, -0.2) is 19.9 Å². The molecule has 1 aromatic carbocycles. The fourth-order valence-corrected chi connectivity index (χ4v) is 4.11. The van der Waals surface area contributed by atoms with E-state index >= 15 is 0 Å². The molecule has 0 fully saturated rings. The minimum absolute atomic E-state index is 0.0522. The average Bonchev–Trinajstić information content (AvgIpc) is 2.81. The molecule has 0 saturated heterocycles. The molecular formula is C12H13Cl2N3O2S2. The van der Waals surface area contributed by atoms with Crippen molar-refractivity contribution in [1.29, 1.82) is 0 Å². The van der Waals surface area contributed by atoms with Crippen molar-refractivity contribution in [2.75, 3.05) is 12.3 Å². The van der Waals surface area contributed by atoms with E-state index in [2.05, 4.69) is 9.71 Å². The second kappa shape index (κ2) is 6.50. The molecule has 5 nitrogen and oxygen atoms in total. The number of aromatic nitrogens is 1. The largest absolute Gasteiger partial charge is 0.396 e. The molecule has 0 saturated carbocycles. The predicted octanol–water partition coefficient (Wildman–Crippen LogP) is 2.86. The predicted molar refractivity (Wildman–Crippen MR) is 86.6 cm³/mol. The summed E-state index contributed by atoms with van der Waals surface area (Å²) < 4.78 is 26.9. The maximum Gasteiger partial charge on any atom is 0.242 e. The van der Waals surface area contributed by atoms with Gasteiger partial charge in [0.1, 0.15) is 4.90 Å². The normalized spacial score (nSPS) is 11.8. The zero-order chi connectivity index (χ0) is 15.6. The van der Waals surface area contributed by atoms with E-state index in [0.717, 1.165) is 10.7 Å². The standard InChI is InChI=1S/C12H13Cl2N3O2S2/c1-7-17-8(6-20-7)4-5-16-21(18,19)10-3-2-9(13)12(15)11(10)14/h2-3,6,16H,4-5,15H2,1H3. The summed E-state index contributed by atoms with van der Waals surface area (Å²) in [7, 11) is -3.74. The summed E-state index contributed by atoms with van der Waals surface area (Å²) in [6.45, 7) is 2.12. The average molecular weight is 366 g/mol. The number of benzene rings is 1. The molecule has 9 heteroatoms. The van der Waals surface area contributed by atoms with Gasteiger partial charge in [-0.05, 0) is 19.1 Å². The lowest BCUT2D eigenvalue weighted by Crippen LogP contribution is -2.26. The molecule has 21 heavy (non-hydrogen) atoms. The third-order valence-corrected chi connectivity index (χ3v) is 5.90. The summed E-state index contributed by atoms with van der Waals surface area (Å²) in [6, 6.07) is 2.73. The monoisotopic (exact) mass is 365 g/mol. The molecule has 0 spiro atoms. The van der Waals surface area contributed by atoms with Gasteiger partial charge >= 0.3 is 0 Å². The molecule has 0 atom stereocenters. The van der Waals surface area contributed by atoms with Gasteiger partial charge in [-0.1, -0.05) is 23.2 Å². The number of thiazole rings is 1. The summed E-state index contributed by atoms with van der Waals surface area (Å²) in [5, 5.41) is 2.99. The molecule has 0 aliphatic rings. The number of anilines is 1. The van der Waals surface area contributed by atoms with E-state index in [0.29, 0.717) is 6.42 Å². The van der Waals surface area contributed by atoms with E-state index in [1.54, 1.807) is 0 Å². The number of rotatable bonds is 5. The molecule has 114 valence electrons. The minimum Gasteiger partial charge on any atom is -0.396 e. The Balaban J connectivity index is 2.10. The van der Waals surface area contributed by atoms with Crippen LogP contribution in [0.2, 0.25) is 10.0 Å². The Hall–Kier alpha value is -0.860. The summed E-state index contributed by atoms with van der Waals surface area (Å²) in [4.78, 5) is 4.18. The zero-order valence-corrected chi connectivity index (χ0v) is 14.2. The lowest BCUT2D eigenvalue weighted by Gasteiger charge is -2.10. The number of halogens is 2. The molecule has 0 aliphatic carbocycles. The van der Waals surface area contributed by atoms with Crippen LogP contribution in [0.5, 0.6) is 0 Å². The van der Waals surface area contributed by atoms with Crippen molar-refractivity contribution < 1.29 is 8.42 Å². The molecule has 0 bridgehead atoms. The van der Waals surface area contributed by atoms with Crippen molar-refractivity contribution in [2.45, 2.75) is 18.2 Å². The van der Waals surface area contributed by atoms with Gasteiger partial charge < -0.3 is 5.73 Å². The van der Waals surface area contributed by atoms with E-state index < -0.39 is 10.0 Å². The van der Waals surface area contributed by atoms with Crippen molar-refractivity contribution in [3.8, 4) is 0 Å². The molecular weight excluding hydrogens is 353 g/mol. The fourth-order valence-electron chi connectivity index (χ4n) is 1.67. The second-order valence-corrected chi connectivity index (χ2v) is 7.86. The second-order valence-electron chi connectivity index (χ2n) is 4.28. The van der Waals surface area contributed by atoms with Gasteiger partial charge in [0.15, 0.2) is 0 Å². The number of hydrogen-bond acceptors (Lipinski definition) is 5. The molecule has 0 unspecified atom stereocenters. The zero-order valence-electron chi connectivity index (χ0n) is 11.1. The Kier molecular flexibility index (Phi) is 5.11. The quantitative estimate of drug-likeness (QED) is 0.797. The van der Waals surface area contributed by atoms with E-state index in [9.17, 15) is 8.42 Å². The smallest absolute Gasteiger partial charge is 0.242 e. The highest BCUT2D eigenvalue weighted by Crippen LogP contribution is 2.32. The topological polar surface area (TPSA) is 85.1 Å². The van der Waals surface area contributed by atoms with E-state index in [-0.39, 0.29) is 27.2 Å². The van der Waals surface area contributed by atoms with Gasteiger partial charge in [0, 0.05) is 18.3 Å². The van der Waals surface area contributed by atoms with Gasteiger partial charge in [0.25, 0.3) is 0 Å². The van der Waals surface area contributed by atoms with Crippen LogP contribution >= 0.6 is 34.5 Å². The highest BCUT2D eigenvalue weighted by molar-refractivity contribution is 7.89. The molecule has 0 aliphatic heterocycles. The molecule has 2 aromatic rings. The van der Waals surface area contributed by atoms with Crippen molar-refractivity contribution >= 4 is 50.2 Å². The lowest BCUT2D eigenvalue weighted by atomic mass is 10.3. The first-order valence-corrected chi connectivity index (χ1v) is 9.07. The van der Waals surface area contributed by atoms with Crippen LogP contribution in [0.1, 0.15) is 10.7 Å². The van der Waals surface area contributed by atoms with Gasteiger partial charge in [-0.2, -0.15) is 0 Å². The Morgan fingerprint density at radius 2 is 2.10 bits per heavy atom. The fraction of sp³-hybridized carbons (Fsp3) is 0.250. The molecule has 0 amide bonds. The molecule has 1 aromatic heterocycles. The summed E-state index contributed by atoms with van der Waals surface area (Å²) >= 11 is 13.3. The molecule has 1 heterocycles. The van der Waals surface area contributed by atoms with Crippen LogP contribution in [0.3, 0.4) is 0 Å². The SMILES string of the molecule is Cc1nc(CCNS(=O)(=O)c2ccc(Cl)c(N)c2Cl)cs1. The third-order valence-electron chi connectivity index (χ3n) is 2.72. The maximum atomic E-state index is 12.2. The number of nitrogens with one attached hydrogen (secondary N) is 1. The maximum absolute atomic E-state index is 12.2. The molecule has 3 N–H and O–H groups in total. The van der Waals surface area contributed by atoms with Crippen LogP contribution in [-0.2, 0) is 16.4 Å². The summed E-state index contributed by atoms with van der Waals surface area (Å²) in [5.74, 6) is 0. The Morgan fingerprint density at radius 1 is 1.38 bits per heavy atom. The van der Waals surface area contributed by atoms with Crippen molar-refractivity contribution in [1.82, 2.24) is 9.71 Å². The van der Waals surface area contributed by atoms with Crippen LogP contribution in [0, 0.1) is 6.92 Å². The number of nitrogens with zero attached hydrogens (tertiary/aromatic N) is 1. The van der Waals surface area contributed by atoms with Gasteiger partial charge in [0.05, 0.1) is 26.4 Å². The Labute approximate surface area is 137 Å². The van der Waals surface area contributed by atoms with Crippen LogP contribution in [0.15, 0.2) is 22.4 Å². The third kappa shape index (κ3) is 3.87. The van der Waals surface area contributed by atoms with Gasteiger partial charge in [-0.25, -0.2) is 18.1 Å². The number of nitrogen functional groups attached to an aromatic ring is 1. The Morgan fingerprint density at radius 3 is 2.71 bits per heavy atom. The molecule has 0 radical (unpaired) electrons. The highest BCUT2D eigenvalue weighted by atomic mass is 35.5. The van der Waals surface area contributed by atoms with Crippen molar-refractivity contribution in [2.24, 2.45) is 0 Å². The van der Waals surface area contributed by atoms with Crippen LogP contribution in [0.4, 0.5) is 5.69 Å². The van der Waals surface area contributed by atoms with E-state index in [1.807, 2.05) is 12.3 Å². The number of sulfonamides is 1. The highest BCUT2D eigenvalue weighted by Gasteiger charge is 2.20. The van der Waals surface area contributed by atoms with Gasteiger partial charge in [0.2, 0.25) is 10.0 Å². The minimum atomic E-state index is -3.74. The number of hydrogen-bond donors (Lipinski definition) is 2. The first-order valence-electron chi connectivity index (χ1n) is 5.95. The first kappa shape index (κ1) is 16.5. The number of aryl methyl sites for hydroxylation is 1. The van der Waals surface area contributed by atoms with Crippen LogP contribution < -0.4 is 10.5 Å². The van der Waals surface area contributed by atoms with Crippen molar-refractivity contribution in [3.05, 3.63) is 38.3 Å². The van der Waals surface area contributed by atoms with Crippen LogP contribution in [0.25, 0.3) is 0 Å². The lowest BCUT2D eigenvalue weighted by molar-refractivity contribution is 0.581. The van der Waals surface area contributed by atoms with Crippen molar-refractivity contribution in [3.63, 3.8) is 0 Å². The molecule has 2 rings (SSSR count). The Bertz CT molecular complexity index is 760. The van der Waals surface area contributed by atoms with Gasteiger partial charge in [-0.15, -0.1) is 11.3 Å². The first-order chi connectivity index (χ1) is 9.81. The van der Waals surface area contributed by atoms with E-state index in [4.69, 9.17) is 28.9 Å². The number of nitrogens with two attached hydrogens (primary N) is 1. The summed E-state index contributed by atoms with van der Waals surface area (Å²) in [5.41, 5.74) is 6.54. The van der Waals surface area contributed by atoms with E-state index in [1.165, 1.54) is 23.5 Å². The summed E-state index contributed by atoms with van der Waals surface area (Å²) in [6.07, 6.45) is 0.504.